The Morgan fingerprint density at radius 1 is 1.32 bits per heavy atom. The van der Waals surface area contributed by atoms with E-state index in [0.29, 0.717) is 19.4 Å². The molecule has 0 radical (unpaired) electrons. The molecule has 1 N–H and O–H groups in total. The molecule has 0 fully saturated rings. The summed E-state index contributed by atoms with van der Waals surface area (Å²) in [4.78, 5) is 27.4. The molecule has 0 saturated heterocycles. The molecule has 1 aliphatic heterocycles. The zero-order chi connectivity index (χ0) is 16.1. The van der Waals surface area contributed by atoms with E-state index < -0.39 is 0 Å². The van der Waals surface area contributed by atoms with Crippen molar-refractivity contribution in [1.82, 2.24) is 10.2 Å². The number of hydrogen-bond donors (Lipinski definition) is 1. The Morgan fingerprint density at radius 2 is 2.09 bits per heavy atom. The van der Waals surface area contributed by atoms with E-state index in [4.69, 9.17) is 0 Å². The summed E-state index contributed by atoms with van der Waals surface area (Å²) in [6, 6.07) is 5.94. The second kappa shape index (κ2) is 7.40. The van der Waals surface area contributed by atoms with E-state index in [0.717, 1.165) is 36.2 Å². The van der Waals surface area contributed by atoms with Crippen molar-refractivity contribution in [2.24, 2.45) is 0 Å². The smallest absolute Gasteiger partial charge is 0.227 e. The molecule has 120 valence electrons. The number of fused-ring (bicyclic) bond motifs is 1. The zero-order valence-electron chi connectivity index (χ0n) is 13.7. The number of anilines is 1. The predicted molar refractivity (Wildman–Crippen MR) is 88.1 cm³/mol. The summed E-state index contributed by atoms with van der Waals surface area (Å²) >= 11 is 0. The molecule has 2 rings (SSSR count). The molecule has 2 amide bonds. The van der Waals surface area contributed by atoms with Gasteiger partial charge in [0.05, 0.1) is 6.42 Å². The number of carbonyl (C=O) groups is 2. The van der Waals surface area contributed by atoms with E-state index in [9.17, 15) is 9.59 Å². The number of benzene rings is 1. The number of nitrogens with zero attached hydrogens (tertiary/aromatic N) is 2. The third-order valence-electron chi connectivity index (χ3n) is 3.96. The number of aryl methyl sites for hydroxylation is 1. The van der Waals surface area contributed by atoms with E-state index >= 15 is 0 Å². The minimum absolute atomic E-state index is 0.0546. The monoisotopic (exact) mass is 303 g/mol. The van der Waals surface area contributed by atoms with E-state index in [1.807, 2.05) is 26.2 Å². The Labute approximate surface area is 132 Å². The van der Waals surface area contributed by atoms with Crippen LogP contribution in [0.15, 0.2) is 18.2 Å². The fourth-order valence-corrected chi connectivity index (χ4v) is 2.69. The number of hydrogen-bond acceptors (Lipinski definition) is 3. The minimum Gasteiger partial charge on any atom is -0.356 e. The van der Waals surface area contributed by atoms with Crippen LogP contribution in [0.4, 0.5) is 5.69 Å². The third-order valence-corrected chi connectivity index (χ3v) is 3.96. The normalized spacial score (nSPS) is 14.2. The van der Waals surface area contributed by atoms with Gasteiger partial charge in [-0.05, 0) is 50.7 Å². The molecule has 5 heteroatoms. The summed E-state index contributed by atoms with van der Waals surface area (Å²) in [5.41, 5.74) is 3.12. The SMILES string of the molecule is CN(C)CCCNC(=O)Cc1ccc2c(c1)CCC(=O)N2C. The second-order valence-corrected chi connectivity index (χ2v) is 6.10. The minimum atomic E-state index is 0.0546. The maximum absolute atomic E-state index is 12.0. The molecule has 5 nitrogen and oxygen atoms in total. The van der Waals surface area contributed by atoms with Crippen LogP contribution in [0.2, 0.25) is 0 Å². The van der Waals surface area contributed by atoms with Crippen LogP contribution in [0.5, 0.6) is 0 Å². The first kappa shape index (κ1) is 16.5. The standard InChI is InChI=1S/C17H25N3O2/c1-19(2)10-4-9-18-16(21)12-13-5-7-15-14(11-13)6-8-17(22)20(15)3/h5,7,11H,4,6,8-10,12H2,1-3H3,(H,18,21). The highest BCUT2D eigenvalue weighted by Gasteiger charge is 2.20. The van der Waals surface area contributed by atoms with Crippen LogP contribution < -0.4 is 10.2 Å². The maximum Gasteiger partial charge on any atom is 0.227 e. The lowest BCUT2D eigenvalue weighted by Gasteiger charge is -2.26. The van der Waals surface area contributed by atoms with Gasteiger partial charge in [0.25, 0.3) is 0 Å². The average Bonchev–Trinajstić information content (AvgIpc) is 2.47. The van der Waals surface area contributed by atoms with Gasteiger partial charge in [0.2, 0.25) is 11.8 Å². The summed E-state index contributed by atoms with van der Waals surface area (Å²) in [5, 5.41) is 2.95. The Bertz CT molecular complexity index is 555. The summed E-state index contributed by atoms with van der Waals surface area (Å²) in [6.07, 6.45) is 2.66. The summed E-state index contributed by atoms with van der Waals surface area (Å²) in [5.74, 6) is 0.206. The van der Waals surface area contributed by atoms with Crippen molar-refractivity contribution >= 4 is 17.5 Å². The van der Waals surface area contributed by atoms with Gasteiger partial charge in [-0.2, -0.15) is 0 Å². The molecule has 0 spiro atoms. The van der Waals surface area contributed by atoms with Gasteiger partial charge in [0.1, 0.15) is 0 Å². The third kappa shape index (κ3) is 4.31. The second-order valence-electron chi connectivity index (χ2n) is 6.10. The maximum atomic E-state index is 12.0. The summed E-state index contributed by atoms with van der Waals surface area (Å²) in [7, 11) is 5.85. The van der Waals surface area contributed by atoms with Crippen molar-refractivity contribution in [2.75, 3.05) is 39.1 Å². The van der Waals surface area contributed by atoms with Crippen LogP contribution in [0.25, 0.3) is 0 Å². The molecule has 1 aliphatic rings. The van der Waals surface area contributed by atoms with E-state index in [1.54, 1.807) is 11.9 Å². The van der Waals surface area contributed by atoms with Crippen molar-refractivity contribution < 1.29 is 9.59 Å². The van der Waals surface area contributed by atoms with Crippen LogP contribution in [-0.4, -0.2) is 50.9 Å². The van der Waals surface area contributed by atoms with Gasteiger partial charge < -0.3 is 15.1 Å². The fraction of sp³-hybridized carbons (Fsp3) is 0.529. The van der Waals surface area contributed by atoms with Crippen LogP contribution >= 0.6 is 0 Å². The molecule has 0 aliphatic carbocycles. The Morgan fingerprint density at radius 3 is 2.82 bits per heavy atom. The van der Waals surface area contributed by atoms with Crippen LogP contribution in [-0.2, 0) is 22.4 Å². The lowest BCUT2D eigenvalue weighted by molar-refractivity contribution is -0.120. The first-order chi connectivity index (χ1) is 10.5. The predicted octanol–water partition coefficient (Wildman–Crippen LogP) is 1.21. The summed E-state index contributed by atoms with van der Waals surface area (Å²) in [6.45, 7) is 1.68. The Hall–Kier alpha value is -1.88. The molecule has 0 unspecified atom stereocenters. The Kier molecular flexibility index (Phi) is 5.55. The zero-order valence-corrected chi connectivity index (χ0v) is 13.7. The highest BCUT2D eigenvalue weighted by Crippen LogP contribution is 2.27. The number of nitrogens with one attached hydrogen (secondary N) is 1. The highest BCUT2D eigenvalue weighted by atomic mass is 16.2. The van der Waals surface area contributed by atoms with Crippen LogP contribution in [0, 0.1) is 0 Å². The van der Waals surface area contributed by atoms with Gasteiger partial charge in [0.15, 0.2) is 0 Å². The molecular formula is C17H25N3O2. The van der Waals surface area contributed by atoms with E-state index in [-0.39, 0.29) is 11.8 Å². The lowest BCUT2D eigenvalue weighted by atomic mass is 9.98. The lowest BCUT2D eigenvalue weighted by Crippen LogP contribution is -2.31. The van der Waals surface area contributed by atoms with Crippen molar-refractivity contribution in [3.63, 3.8) is 0 Å². The van der Waals surface area contributed by atoms with Crippen molar-refractivity contribution in [3.05, 3.63) is 29.3 Å². The van der Waals surface area contributed by atoms with Gasteiger partial charge in [-0.15, -0.1) is 0 Å². The molecule has 1 heterocycles. The molecular weight excluding hydrogens is 278 g/mol. The molecule has 0 aromatic heterocycles. The topological polar surface area (TPSA) is 52.7 Å². The van der Waals surface area contributed by atoms with E-state index in [2.05, 4.69) is 16.3 Å². The number of amides is 2. The molecule has 0 bridgehead atoms. The van der Waals surface area contributed by atoms with Crippen LogP contribution in [0.3, 0.4) is 0 Å². The van der Waals surface area contributed by atoms with E-state index in [1.165, 1.54) is 0 Å². The first-order valence-corrected chi connectivity index (χ1v) is 7.77. The van der Waals surface area contributed by atoms with Crippen molar-refractivity contribution in [3.8, 4) is 0 Å². The summed E-state index contributed by atoms with van der Waals surface area (Å²) < 4.78 is 0. The molecule has 22 heavy (non-hydrogen) atoms. The van der Waals surface area contributed by atoms with Crippen molar-refractivity contribution in [2.45, 2.75) is 25.7 Å². The molecule has 0 saturated carbocycles. The highest BCUT2D eigenvalue weighted by molar-refractivity contribution is 5.96. The van der Waals surface area contributed by atoms with Crippen molar-refractivity contribution in [1.29, 1.82) is 0 Å². The first-order valence-electron chi connectivity index (χ1n) is 7.77. The average molecular weight is 303 g/mol. The number of carbonyl (C=O) groups excluding carboxylic acids is 2. The molecule has 0 atom stereocenters. The quantitative estimate of drug-likeness (QED) is 0.804. The van der Waals surface area contributed by atoms with Gasteiger partial charge in [-0.1, -0.05) is 12.1 Å². The molecule has 1 aromatic carbocycles. The Balaban J connectivity index is 1.88. The van der Waals surface area contributed by atoms with Gasteiger partial charge in [0, 0.05) is 25.7 Å². The van der Waals surface area contributed by atoms with Crippen LogP contribution in [0.1, 0.15) is 24.0 Å². The fourth-order valence-electron chi connectivity index (χ4n) is 2.69. The number of rotatable bonds is 6. The van der Waals surface area contributed by atoms with Gasteiger partial charge >= 0.3 is 0 Å². The van der Waals surface area contributed by atoms with Gasteiger partial charge in [-0.3, -0.25) is 9.59 Å². The largest absolute Gasteiger partial charge is 0.356 e. The van der Waals surface area contributed by atoms with Gasteiger partial charge in [-0.25, -0.2) is 0 Å². The molecule has 1 aromatic rings.